The van der Waals surface area contributed by atoms with Crippen LogP contribution in [-0.4, -0.2) is 23.7 Å². The van der Waals surface area contributed by atoms with Gasteiger partial charge < -0.3 is 4.42 Å². The fourth-order valence-corrected chi connectivity index (χ4v) is 1.68. The van der Waals surface area contributed by atoms with Crippen molar-refractivity contribution in [3.8, 4) is 0 Å². The lowest BCUT2D eigenvalue weighted by Gasteiger charge is -1.91. The summed E-state index contributed by atoms with van der Waals surface area (Å²) < 4.78 is 34.8. The van der Waals surface area contributed by atoms with E-state index >= 15 is 0 Å². The third kappa shape index (κ3) is 2.54. The highest BCUT2D eigenvalue weighted by Gasteiger charge is 2.09. The maximum absolute atomic E-state index is 10.5. The van der Waals surface area contributed by atoms with Crippen molar-refractivity contribution in [1.29, 1.82) is 0 Å². The van der Waals surface area contributed by atoms with E-state index in [9.17, 15) is 8.42 Å². The largest absolute Gasteiger partial charge is 0.441 e. The zero-order valence-corrected chi connectivity index (χ0v) is 8.57. The minimum absolute atomic E-state index is 0.0769. The van der Waals surface area contributed by atoms with Gasteiger partial charge in [-0.2, -0.15) is 8.42 Å². The van der Waals surface area contributed by atoms with Gasteiger partial charge in [-0.05, 0) is 12.1 Å². The molecular weight excluding hydrogens is 218 g/mol. The Morgan fingerprint density at radius 2 is 2.07 bits per heavy atom. The van der Waals surface area contributed by atoms with E-state index in [2.05, 4.69) is 4.98 Å². The molecule has 0 fully saturated rings. The molecule has 2 rings (SSSR count). The predicted octanol–water partition coefficient (Wildman–Crippen LogP) is 1.26. The highest BCUT2D eigenvalue weighted by Crippen LogP contribution is 2.14. The normalized spacial score (nSPS) is 12.1. The second-order valence-corrected chi connectivity index (χ2v) is 4.68. The molecule has 1 aromatic heterocycles. The molecule has 15 heavy (non-hydrogen) atoms. The lowest BCUT2D eigenvalue weighted by Crippen LogP contribution is -2.06. The number of fused-ring (bicyclic) bond motifs is 1. The van der Waals surface area contributed by atoms with E-state index < -0.39 is 10.1 Å². The Labute approximate surface area is 86.5 Å². The third-order valence-corrected chi connectivity index (χ3v) is 2.63. The van der Waals surface area contributed by atoms with Crippen molar-refractivity contribution in [3.63, 3.8) is 0 Å². The number of aryl methyl sites for hydroxylation is 1. The number of aromatic nitrogens is 1. The van der Waals surface area contributed by atoms with E-state index in [1.807, 2.05) is 6.07 Å². The van der Waals surface area contributed by atoms with Gasteiger partial charge >= 0.3 is 0 Å². The Hall–Kier alpha value is -1.40. The molecule has 0 bridgehead atoms. The Morgan fingerprint density at radius 1 is 1.33 bits per heavy atom. The van der Waals surface area contributed by atoms with Gasteiger partial charge in [0.1, 0.15) is 5.52 Å². The molecule has 0 aliphatic rings. The van der Waals surface area contributed by atoms with E-state index in [0.29, 0.717) is 17.0 Å². The van der Waals surface area contributed by atoms with Gasteiger partial charge in [-0.25, -0.2) is 4.98 Å². The van der Waals surface area contributed by atoms with Crippen molar-refractivity contribution >= 4 is 21.2 Å². The van der Waals surface area contributed by atoms with Crippen LogP contribution in [0.5, 0.6) is 0 Å². The quantitative estimate of drug-likeness (QED) is 0.798. The van der Waals surface area contributed by atoms with Crippen LogP contribution < -0.4 is 0 Å². The fourth-order valence-electron chi connectivity index (χ4n) is 1.24. The molecule has 0 saturated carbocycles. The smallest absolute Gasteiger partial charge is 0.265 e. The molecule has 0 radical (unpaired) electrons. The molecule has 1 heterocycles. The van der Waals surface area contributed by atoms with Crippen LogP contribution in [0.3, 0.4) is 0 Å². The van der Waals surface area contributed by atoms with Gasteiger partial charge in [0, 0.05) is 6.42 Å². The van der Waals surface area contributed by atoms with Crippen LogP contribution in [-0.2, 0) is 16.5 Å². The SMILES string of the molecule is O=S(=O)(O)CCc1nc2ccccc2o1. The van der Waals surface area contributed by atoms with Gasteiger partial charge in [0.2, 0.25) is 0 Å². The number of hydrogen-bond donors (Lipinski definition) is 1. The van der Waals surface area contributed by atoms with Crippen molar-refractivity contribution in [1.82, 2.24) is 4.98 Å². The minimum atomic E-state index is -3.96. The number of oxazole rings is 1. The maximum Gasteiger partial charge on any atom is 0.265 e. The van der Waals surface area contributed by atoms with Gasteiger partial charge in [-0.3, -0.25) is 4.55 Å². The van der Waals surface area contributed by atoms with Crippen LogP contribution in [0.15, 0.2) is 28.7 Å². The predicted molar refractivity (Wildman–Crippen MR) is 54.1 cm³/mol. The summed E-state index contributed by atoms with van der Waals surface area (Å²) in [6, 6.07) is 7.15. The molecular formula is C9H9NO4S. The van der Waals surface area contributed by atoms with Crippen molar-refractivity contribution in [3.05, 3.63) is 30.2 Å². The monoisotopic (exact) mass is 227 g/mol. The molecule has 0 atom stereocenters. The Kier molecular flexibility index (Phi) is 2.45. The highest BCUT2D eigenvalue weighted by atomic mass is 32.2. The van der Waals surface area contributed by atoms with Crippen LogP contribution in [0.1, 0.15) is 5.89 Å². The van der Waals surface area contributed by atoms with Crippen molar-refractivity contribution < 1.29 is 17.4 Å². The zero-order valence-electron chi connectivity index (χ0n) is 7.75. The average Bonchev–Trinajstić information content (AvgIpc) is 2.56. The standard InChI is InChI=1S/C9H9NO4S/c11-15(12,13)6-5-9-10-7-3-1-2-4-8(7)14-9/h1-4H,5-6H2,(H,11,12,13). The van der Waals surface area contributed by atoms with Crippen molar-refractivity contribution in [2.24, 2.45) is 0 Å². The molecule has 0 aliphatic carbocycles. The molecule has 6 heteroatoms. The number of nitrogens with zero attached hydrogens (tertiary/aromatic N) is 1. The second-order valence-electron chi connectivity index (χ2n) is 3.11. The van der Waals surface area contributed by atoms with E-state index in [-0.39, 0.29) is 12.2 Å². The van der Waals surface area contributed by atoms with Gasteiger partial charge in [-0.1, -0.05) is 12.1 Å². The number of hydrogen-bond acceptors (Lipinski definition) is 4. The molecule has 1 aromatic carbocycles. The minimum Gasteiger partial charge on any atom is -0.441 e. The summed E-state index contributed by atoms with van der Waals surface area (Å²) in [4.78, 5) is 4.07. The van der Waals surface area contributed by atoms with Gasteiger partial charge in [-0.15, -0.1) is 0 Å². The first-order valence-corrected chi connectivity index (χ1v) is 5.95. The van der Waals surface area contributed by atoms with Crippen LogP contribution in [0.2, 0.25) is 0 Å². The lowest BCUT2D eigenvalue weighted by atomic mass is 10.3. The first-order valence-electron chi connectivity index (χ1n) is 4.34. The number of para-hydroxylation sites is 2. The summed E-state index contributed by atoms with van der Waals surface area (Å²) in [6.07, 6.45) is 0.0769. The second kappa shape index (κ2) is 3.63. The summed E-state index contributed by atoms with van der Waals surface area (Å²) in [5, 5.41) is 0. The first-order chi connectivity index (χ1) is 7.04. The van der Waals surface area contributed by atoms with E-state index in [4.69, 9.17) is 8.97 Å². The average molecular weight is 227 g/mol. The molecule has 0 amide bonds. The highest BCUT2D eigenvalue weighted by molar-refractivity contribution is 7.85. The Bertz CT molecular complexity index is 540. The van der Waals surface area contributed by atoms with E-state index in [1.165, 1.54) is 0 Å². The summed E-state index contributed by atoms with van der Waals surface area (Å²) in [5.74, 6) is -0.0614. The molecule has 0 unspecified atom stereocenters. The van der Waals surface area contributed by atoms with Crippen LogP contribution in [0.25, 0.3) is 11.1 Å². The summed E-state index contributed by atoms with van der Waals surface area (Å²) in [5.41, 5.74) is 1.30. The van der Waals surface area contributed by atoms with Crippen molar-refractivity contribution in [2.75, 3.05) is 5.75 Å². The molecule has 5 nitrogen and oxygen atoms in total. The number of benzene rings is 1. The van der Waals surface area contributed by atoms with Crippen molar-refractivity contribution in [2.45, 2.75) is 6.42 Å². The topological polar surface area (TPSA) is 80.4 Å². The van der Waals surface area contributed by atoms with Crippen LogP contribution in [0.4, 0.5) is 0 Å². The Balaban J connectivity index is 2.23. The molecule has 0 spiro atoms. The van der Waals surface area contributed by atoms with Gasteiger partial charge in [0.05, 0.1) is 5.75 Å². The van der Waals surface area contributed by atoms with Gasteiger partial charge in [0.15, 0.2) is 11.5 Å². The molecule has 1 N–H and O–H groups in total. The molecule has 80 valence electrons. The molecule has 0 saturated heterocycles. The third-order valence-electron chi connectivity index (χ3n) is 1.91. The zero-order chi connectivity index (χ0) is 10.9. The summed E-state index contributed by atoms with van der Waals surface area (Å²) in [7, 11) is -3.96. The number of rotatable bonds is 3. The maximum atomic E-state index is 10.5. The Morgan fingerprint density at radius 3 is 2.73 bits per heavy atom. The van der Waals surface area contributed by atoms with Gasteiger partial charge in [0.25, 0.3) is 10.1 Å². The summed E-state index contributed by atoms with van der Waals surface area (Å²) >= 11 is 0. The summed E-state index contributed by atoms with van der Waals surface area (Å²) in [6.45, 7) is 0. The molecule has 2 aromatic rings. The van der Waals surface area contributed by atoms with E-state index in [0.717, 1.165) is 0 Å². The first kappa shape index (κ1) is 10.1. The van der Waals surface area contributed by atoms with Crippen LogP contribution >= 0.6 is 0 Å². The fraction of sp³-hybridized carbons (Fsp3) is 0.222. The lowest BCUT2D eigenvalue weighted by molar-refractivity contribution is 0.475. The van der Waals surface area contributed by atoms with E-state index in [1.54, 1.807) is 18.2 Å². The van der Waals surface area contributed by atoms with Crippen LogP contribution in [0, 0.1) is 0 Å². The molecule has 0 aliphatic heterocycles.